The molecule has 1 aliphatic rings. The van der Waals surface area contributed by atoms with Crippen molar-refractivity contribution in [3.63, 3.8) is 0 Å². The second-order valence-electron chi connectivity index (χ2n) is 2.73. The van der Waals surface area contributed by atoms with Crippen LogP contribution in [0.4, 0.5) is 0 Å². The summed E-state index contributed by atoms with van der Waals surface area (Å²) in [7, 11) is 0. The Morgan fingerprint density at radius 3 is 3.00 bits per heavy atom. The molecule has 0 bridgehead atoms. The fourth-order valence-corrected chi connectivity index (χ4v) is 1.95. The average molecular weight is 277 g/mol. The molecule has 2 rings (SSSR count). The third-order valence-corrected chi connectivity index (χ3v) is 2.75. The van der Waals surface area contributed by atoms with Crippen LogP contribution in [-0.2, 0) is 0 Å². The highest BCUT2D eigenvalue weighted by atomic mass is 127. The molecular formula is C8H8INO2. The first-order valence-electron chi connectivity index (χ1n) is 3.60. The standard InChI is InChI=1S/C8H8INO2/c9-4-1-2-6(11)7-5(10)3-12-8(4)7/h1-2,5,11H,3,10H2/t5-/m1/s1. The summed E-state index contributed by atoms with van der Waals surface area (Å²) < 4.78 is 6.32. The maximum Gasteiger partial charge on any atom is 0.141 e. The molecule has 3 nitrogen and oxygen atoms in total. The topological polar surface area (TPSA) is 55.5 Å². The summed E-state index contributed by atoms with van der Waals surface area (Å²) in [6, 6.07) is 3.27. The van der Waals surface area contributed by atoms with Crippen LogP contribution in [-0.4, -0.2) is 11.7 Å². The molecule has 3 N–H and O–H groups in total. The Kier molecular flexibility index (Phi) is 1.88. The molecule has 1 aromatic carbocycles. The fourth-order valence-electron chi connectivity index (χ4n) is 1.32. The quantitative estimate of drug-likeness (QED) is 0.704. The van der Waals surface area contributed by atoms with Crippen LogP contribution in [0.25, 0.3) is 0 Å². The minimum atomic E-state index is -0.185. The third-order valence-electron chi connectivity index (χ3n) is 1.90. The minimum absolute atomic E-state index is 0.185. The summed E-state index contributed by atoms with van der Waals surface area (Å²) in [6.45, 7) is 0.461. The number of phenolic OH excluding ortho intramolecular Hbond substituents is 1. The van der Waals surface area contributed by atoms with Crippen LogP contribution < -0.4 is 10.5 Å². The van der Waals surface area contributed by atoms with Crippen LogP contribution in [0.1, 0.15) is 11.6 Å². The van der Waals surface area contributed by atoms with Gasteiger partial charge in [0, 0.05) is 0 Å². The fraction of sp³-hybridized carbons (Fsp3) is 0.250. The molecule has 0 radical (unpaired) electrons. The van der Waals surface area contributed by atoms with E-state index in [1.54, 1.807) is 6.07 Å². The Hall–Kier alpha value is -0.490. The van der Waals surface area contributed by atoms with Crippen molar-refractivity contribution in [2.75, 3.05) is 6.61 Å². The van der Waals surface area contributed by atoms with E-state index in [2.05, 4.69) is 22.6 Å². The normalized spacial score (nSPS) is 20.3. The maximum atomic E-state index is 9.46. The van der Waals surface area contributed by atoms with Crippen molar-refractivity contribution in [2.24, 2.45) is 5.73 Å². The minimum Gasteiger partial charge on any atom is -0.507 e. The average Bonchev–Trinajstić information content (AvgIpc) is 2.42. The summed E-state index contributed by atoms with van der Waals surface area (Å²) in [5.74, 6) is 0.971. The zero-order valence-corrected chi connectivity index (χ0v) is 8.41. The third kappa shape index (κ3) is 1.06. The molecule has 0 saturated carbocycles. The van der Waals surface area contributed by atoms with E-state index in [4.69, 9.17) is 10.5 Å². The molecule has 1 aromatic rings. The zero-order chi connectivity index (χ0) is 8.72. The molecule has 1 aliphatic heterocycles. The molecular weight excluding hydrogens is 269 g/mol. The van der Waals surface area contributed by atoms with Crippen molar-refractivity contribution < 1.29 is 9.84 Å². The lowest BCUT2D eigenvalue weighted by molar-refractivity contribution is 0.331. The molecule has 1 heterocycles. The van der Waals surface area contributed by atoms with Crippen molar-refractivity contribution in [3.05, 3.63) is 21.3 Å². The number of benzene rings is 1. The van der Waals surface area contributed by atoms with Crippen molar-refractivity contribution in [1.82, 2.24) is 0 Å². The first-order valence-corrected chi connectivity index (χ1v) is 4.68. The van der Waals surface area contributed by atoms with Gasteiger partial charge in [0.05, 0.1) is 15.2 Å². The molecule has 0 amide bonds. The largest absolute Gasteiger partial charge is 0.507 e. The highest BCUT2D eigenvalue weighted by Gasteiger charge is 2.26. The van der Waals surface area contributed by atoms with Gasteiger partial charge in [0.2, 0.25) is 0 Å². The number of phenols is 1. The number of fused-ring (bicyclic) bond motifs is 1. The van der Waals surface area contributed by atoms with Gasteiger partial charge < -0.3 is 15.6 Å². The second kappa shape index (κ2) is 2.77. The summed E-state index contributed by atoms with van der Waals surface area (Å²) in [5.41, 5.74) is 6.47. The highest BCUT2D eigenvalue weighted by Crippen LogP contribution is 2.40. The van der Waals surface area contributed by atoms with Crippen LogP contribution >= 0.6 is 22.6 Å². The molecule has 64 valence electrons. The number of aromatic hydroxyl groups is 1. The Balaban J connectivity index is 2.64. The Bertz CT molecular complexity index is 327. The lowest BCUT2D eigenvalue weighted by atomic mass is 10.1. The van der Waals surface area contributed by atoms with E-state index < -0.39 is 0 Å². The number of rotatable bonds is 0. The number of hydrogen-bond donors (Lipinski definition) is 2. The lowest BCUT2D eigenvalue weighted by Crippen LogP contribution is -2.10. The van der Waals surface area contributed by atoms with Gasteiger partial charge in [-0.15, -0.1) is 0 Å². The highest BCUT2D eigenvalue weighted by molar-refractivity contribution is 14.1. The van der Waals surface area contributed by atoms with Crippen LogP contribution in [0.3, 0.4) is 0 Å². The Labute approximate surface area is 83.7 Å². The number of nitrogens with two attached hydrogens (primary N) is 1. The van der Waals surface area contributed by atoms with Crippen LogP contribution in [0.2, 0.25) is 0 Å². The van der Waals surface area contributed by atoms with Gasteiger partial charge in [0.25, 0.3) is 0 Å². The van der Waals surface area contributed by atoms with E-state index >= 15 is 0 Å². The first-order chi connectivity index (χ1) is 5.70. The van der Waals surface area contributed by atoms with Crippen molar-refractivity contribution in [3.8, 4) is 11.5 Å². The predicted octanol–water partition coefficient (Wildman–Crippen LogP) is 1.39. The predicted molar refractivity (Wildman–Crippen MR) is 53.2 cm³/mol. The second-order valence-corrected chi connectivity index (χ2v) is 3.89. The molecule has 12 heavy (non-hydrogen) atoms. The number of hydrogen-bond acceptors (Lipinski definition) is 3. The Morgan fingerprint density at radius 2 is 2.33 bits per heavy atom. The van der Waals surface area contributed by atoms with Crippen LogP contribution in [0, 0.1) is 3.57 Å². The summed E-state index contributed by atoms with van der Waals surface area (Å²) in [5, 5.41) is 9.46. The molecule has 4 heteroatoms. The van der Waals surface area contributed by atoms with Crippen LogP contribution in [0.15, 0.2) is 12.1 Å². The van der Waals surface area contributed by atoms with Crippen molar-refractivity contribution in [1.29, 1.82) is 0 Å². The molecule has 0 unspecified atom stereocenters. The van der Waals surface area contributed by atoms with E-state index in [-0.39, 0.29) is 11.8 Å². The van der Waals surface area contributed by atoms with Crippen molar-refractivity contribution in [2.45, 2.75) is 6.04 Å². The van der Waals surface area contributed by atoms with Gasteiger partial charge in [0.15, 0.2) is 0 Å². The van der Waals surface area contributed by atoms with E-state index in [0.717, 1.165) is 14.9 Å². The molecule has 0 aliphatic carbocycles. The summed E-state index contributed by atoms with van der Waals surface area (Å²) >= 11 is 2.16. The molecule has 0 saturated heterocycles. The van der Waals surface area contributed by atoms with Gasteiger partial charge in [-0.2, -0.15) is 0 Å². The Morgan fingerprint density at radius 1 is 1.58 bits per heavy atom. The number of halogens is 1. The SMILES string of the molecule is N[C@@H]1COc2c(I)ccc(O)c21. The van der Waals surface area contributed by atoms with Gasteiger partial charge in [-0.25, -0.2) is 0 Å². The van der Waals surface area contributed by atoms with E-state index in [1.165, 1.54) is 0 Å². The number of ether oxygens (including phenoxy) is 1. The van der Waals surface area contributed by atoms with E-state index in [1.807, 2.05) is 6.07 Å². The van der Waals surface area contributed by atoms with Crippen LogP contribution in [0.5, 0.6) is 11.5 Å². The summed E-state index contributed by atoms with van der Waals surface area (Å²) in [4.78, 5) is 0. The van der Waals surface area contributed by atoms with Gasteiger partial charge >= 0.3 is 0 Å². The smallest absolute Gasteiger partial charge is 0.141 e. The summed E-state index contributed by atoms with van der Waals surface area (Å²) in [6.07, 6.45) is 0. The van der Waals surface area contributed by atoms with E-state index in [9.17, 15) is 5.11 Å². The van der Waals surface area contributed by atoms with Gasteiger partial charge in [-0.3, -0.25) is 0 Å². The lowest BCUT2D eigenvalue weighted by Gasteiger charge is -2.04. The van der Waals surface area contributed by atoms with Gasteiger partial charge in [-0.05, 0) is 34.7 Å². The van der Waals surface area contributed by atoms with Gasteiger partial charge in [-0.1, -0.05) is 0 Å². The maximum absolute atomic E-state index is 9.46. The molecule has 1 atom stereocenters. The first kappa shape index (κ1) is 8.12. The molecule has 0 aromatic heterocycles. The monoisotopic (exact) mass is 277 g/mol. The zero-order valence-electron chi connectivity index (χ0n) is 6.25. The van der Waals surface area contributed by atoms with Gasteiger partial charge in [0.1, 0.15) is 18.1 Å². The van der Waals surface area contributed by atoms with E-state index in [0.29, 0.717) is 6.61 Å². The molecule has 0 fully saturated rings. The molecule has 0 spiro atoms. The van der Waals surface area contributed by atoms with Crippen molar-refractivity contribution >= 4 is 22.6 Å².